The zero-order chi connectivity index (χ0) is 22.8. The Morgan fingerprint density at radius 2 is 1.68 bits per heavy atom. The molecule has 1 heterocycles. The summed E-state index contributed by atoms with van der Waals surface area (Å²) < 4.78 is 29.3. The second-order valence-electron chi connectivity index (χ2n) is 6.69. The van der Waals surface area contributed by atoms with E-state index in [-0.39, 0.29) is 21.2 Å². The summed E-state index contributed by atoms with van der Waals surface area (Å²) in [5.41, 5.74) is 6.38. The van der Waals surface area contributed by atoms with Crippen LogP contribution in [0.1, 0.15) is 32.1 Å². The number of nitrogens with zero attached hydrogens (tertiary/aromatic N) is 2. The number of carbonyl (C=O) groups is 2. The summed E-state index contributed by atoms with van der Waals surface area (Å²) in [6, 6.07) is 11.8. The van der Waals surface area contributed by atoms with E-state index in [0.717, 1.165) is 0 Å². The highest BCUT2D eigenvalue weighted by Gasteiger charge is 2.20. The van der Waals surface area contributed by atoms with Gasteiger partial charge in [0.15, 0.2) is 0 Å². The van der Waals surface area contributed by atoms with Crippen LogP contribution in [-0.4, -0.2) is 30.0 Å². The van der Waals surface area contributed by atoms with Crippen molar-refractivity contribution in [3.63, 3.8) is 0 Å². The predicted octanol–water partition coefficient (Wildman–Crippen LogP) is 2.57. The number of carbonyl (C=O) groups excluding carboxylic acids is 2. The van der Waals surface area contributed by atoms with Crippen molar-refractivity contribution in [2.45, 2.75) is 18.7 Å². The fourth-order valence-corrected chi connectivity index (χ4v) is 4.27. The fourth-order valence-electron chi connectivity index (χ4n) is 2.90. The van der Waals surface area contributed by atoms with Gasteiger partial charge in [-0.15, -0.1) is 0 Å². The van der Waals surface area contributed by atoms with E-state index in [0.29, 0.717) is 17.0 Å². The number of benzene rings is 2. The Bertz CT molecular complexity index is 1270. The van der Waals surface area contributed by atoms with Crippen molar-refractivity contribution in [3.05, 3.63) is 76.1 Å². The molecule has 31 heavy (non-hydrogen) atoms. The third-order valence-electron chi connectivity index (χ3n) is 4.55. The number of aromatic nitrogens is 2. The van der Waals surface area contributed by atoms with Crippen molar-refractivity contribution in [3.8, 4) is 0 Å². The van der Waals surface area contributed by atoms with Gasteiger partial charge in [0.25, 0.3) is 21.8 Å². The molecule has 0 radical (unpaired) electrons. The first kappa shape index (κ1) is 22.3. The van der Waals surface area contributed by atoms with Gasteiger partial charge in [-0.3, -0.25) is 29.8 Å². The van der Waals surface area contributed by atoms with Crippen LogP contribution in [0.25, 0.3) is 0 Å². The lowest BCUT2D eigenvalue weighted by atomic mass is 10.2. The van der Waals surface area contributed by atoms with Gasteiger partial charge in [-0.05, 0) is 44.2 Å². The first-order valence-corrected chi connectivity index (χ1v) is 10.9. The van der Waals surface area contributed by atoms with E-state index in [1.165, 1.54) is 30.3 Å². The average Bonchev–Trinajstić information content (AvgIpc) is 2.99. The Labute approximate surface area is 184 Å². The number of hydrazine groups is 1. The van der Waals surface area contributed by atoms with Crippen molar-refractivity contribution < 1.29 is 18.0 Å². The van der Waals surface area contributed by atoms with Gasteiger partial charge in [0.05, 0.1) is 26.9 Å². The lowest BCUT2D eigenvalue weighted by Crippen LogP contribution is -2.42. The van der Waals surface area contributed by atoms with E-state index in [4.69, 9.17) is 11.6 Å². The normalized spacial score (nSPS) is 11.1. The number of rotatable bonds is 5. The van der Waals surface area contributed by atoms with Gasteiger partial charge in [-0.25, -0.2) is 8.42 Å². The Morgan fingerprint density at radius 3 is 2.32 bits per heavy atom. The lowest BCUT2D eigenvalue weighted by Gasteiger charge is -2.11. The lowest BCUT2D eigenvalue weighted by molar-refractivity contribution is 0.0845. The number of halogens is 1. The fraction of sp³-hybridized carbons (Fsp3) is 0.150. The largest absolute Gasteiger partial charge is 0.278 e. The minimum absolute atomic E-state index is 0.0435. The van der Waals surface area contributed by atoms with E-state index in [1.807, 2.05) is 0 Å². The Morgan fingerprint density at radius 1 is 1.00 bits per heavy atom. The second kappa shape index (κ2) is 8.78. The zero-order valence-corrected chi connectivity index (χ0v) is 18.5. The minimum atomic E-state index is -3.99. The zero-order valence-electron chi connectivity index (χ0n) is 16.9. The van der Waals surface area contributed by atoms with E-state index in [1.54, 1.807) is 43.8 Å². The maximum atomic E-state index is 12.7. The van der Waals surface area contributed by atoms with Crippen LogP contribution < -0.4 is 15.6 Å². The SMILES string of the molecule is Cc1nn(C)c(C)c1C(=O)NNC(=O)c1cccc(S(=O)(=O)Nc2ccccc2Cl)c1. The number of amides is 2. The van der Waals surface area contributed by atoms with Crippen LogP contribution in [0.4, 0.5) is 5.69 Å². The number of hydrogen-bond acceptors (Lipinski definition) is 5. The minimum Gasteiger partial charge on any atom is -0.278 e. The average molecular weight is 462 g/mol. The van der Waals surface area contributed by atoms with Crippen LogP contribution in [-0.2, 0) is 17.1 Å². The van der Waals surface area contributed by atoms with Crippen molar-refractivity contribution in [1.82, 2.24) is 20.6 Å². The molecule has 3 aromatic rings. The van der Waals surface area contributed by atoms with Gasteiger partial charge in [0.1, 0.15) is 0 Å². The Hall–Kier alpha value is -3.37. The maximum Gasteiger partial charge on any atom is 0.273 e. The first-order chi connectivity index (χ1) is 14.6. The molecular formula is C20H20ClN5O4S. The highest BCUT2D eigenvalue weighted by atomic mass is 35.5. The van der Waals surface area contributed by atoms with Gasteiger partial charge < -0.3 is 0 Å². The molecule has 3 rings (SSSR count). The van der Waals surface area contributed by atoms with Crippen LogP contribution >= 0.6 is 11.6 Å². The van der Waals surface area contributed by atoms with Crippen molar-refractivity contribution in [1.29, 1.82) is 0 Å². The molecular weight excluding hydrogens is 442 g/mol. The van der Waals surface area contributed by atoms with E-state index in [9.17, 15) is 18.0 Å². The molecule has 0 atom stereocenters. The molecule has 162 valence electrons. The molecule has 0 fully saturated rings. The quantitative estimate of drug-likeness (QED) is 0.504. The summed E-state index contributed by atoms with van der Waals surface area (Å²) in [6.45, 7) is 3.42. The van der Waals surface area contributed by atoms with Crippen molar-refractivity contribution >= 4 is 39.1 Å². The summed E-state index contributed by atoms with van der Waals surface area (Å²) in [5.74, 6) is -1.21. The molecule has 9 nitrogen and oxygen atoms in total. The molecule has 0 aliphatic heterocycles. The molecule has 0 aliphatic rings. The molecule has 0 unspecified atom stereocenters. The second-order valence-corrected chi connectivity index (χ2v) is 8.78. The highest BCUT2D eigenvalue weighted by molar-refractivity contribution is 7.92. The third kappa shape index (κ3) is 4.86. The highest BCUT2D eigenvalue weighted by Crippen LogP contribution is 2.24. The molecule has 0 spiro atoms. The smallest absolute Gasteiger partial charge is 0.273 e. The number of nitrogens with one attached hydrogen (secondary N) is 3. The van der Waals surface area contributed by atoms with E-state index >= 15 is 0 Å². The molecule has 1 aromatic heterocycles. The van der Waals surface area contributed by atoms with Gasteiger partial charge >= 0.3 is 0 Å². The number of sulfonamides is 1. The van der Waals surface area contributed by atoms with Gasteiger partial charge in [-0.2, -0.15) is 5.10 Å². The molecule has 2 amide bonds. The topological polar surface area (TPSA) is 122 Å². The van der Waals surface area contributed by atoms with Gasteiger partial charge in [-0.1, -0.05) is 29.8 Å². The van der Waals surface area contributed by atoms with Crippen LogP contribution in [0, 0.1) is 13.8 Å². The van der Waals surface area contributed by atoms with Crippen LogP contribution in [0.2, 0.25) is 5.02 Å². The molecule has 0 bridgehead atoms. The van der Waals surface area contributed by atoms with E-state index in [2.05, 4.69) is 20.7 Å². The summed E-state index contributed by atoms with van der Waals surface area (Å²) in [4.78, 5) is 24.7. The van der Waals surface area contributed by atoms with Crippen molar-refractivity contribution in [2.75, 3.05) is 4.72 Å². The van der Waals surface area contributed by atoms with Crippen LogP contribution in [0.15, 0.2) is 53.4 Å². The molecule has 3 N–H and O–H groups in total. The summed E-state index contributed by atoms with van der Waals surface area (Å²) in [7, 11) is -2.28. The number of anilines is 1. The summed E-state index contributed by atoms with van der Waals surface area (Å²) >= 11 is 6.01. The molecule has 0 aliphatic carbocycles. The van der Waals surface area contributed by atoms with Crippen molar-refractivity contribution in [2.24, 2.45) is 7.05 Å². The third-order valence-corrected chi connectivity index (χ3v) is 6.24. The van der Waals surface area contributed by atoms with Gasteiger partial charge in [0, 0.05) is 18.3 Å². The standard InChI is InChI=1S/C20H20ClN5O4S/c1-12-18(13(2)26(3)24-12)20(28)23-22-19(27)14-7-6-8-15(11-14)31(29,30)25-17-10-5-4-9-16(17)21/h4-11,25H,1-3H3,(H,22,27)(H,23,28). The summed E-state index contributed by atoms with van der Waals surface area (Å²) in [5, 5.41) is 4.40. The van der Waals surface area contributed by atoms with Crippen LogP contribution in [0.5, 0.6) is 0 Å². The maximum absolute atomic E-state index is 12.7. The number of para-hydroxylation sites is 1. The number of hydrogen-bond donors (Lipinski definition) is 3. The Kier molecular flexibility index (Phi) is 6.32. The predicted molar refractivity (Wildman–Crippen MR) is 116 cm³/mol. The van der Waals surface area contributed by atoms with E-state index < -0.39 is 21.8 Å². The molecule has 0 saturated carbocycles. The molecule has 0 saturated heterocycles. The monoisotopic (exact) mass is 461 g/mol. The summed E-state index contributed by atoms with van der Waals surface area (Å²) in [6.07, 6.45) is 0. The molecule has 2 aromatic carbocycles. The molecule has 11 heteroatoms. The Balaban J connectivity index is 1.74. The first-order valence-electron chi connectivity index (χ1n) is 9.08. The van der Waals surface area contributed by atoms with Gasteiger partial charge in [0.2, 0.25) is 0 Å². The van der Waals surface area contributed by atoms with Crippen LogP contribution in [0.3, 0.4) is 0 Å². The number of aryl methyl sites for hydroxylation is 2.